The fourth-order valence-electron chi connectivity index (χ4n) is 2.00. The lowest BCUT2D eigenvalue weighted by Gasteiger charge is -2.27. The second-order valence-corrected chi connectivity index (χ2v) is 3.80. The van der Waals surface area contributed by atoms with E-state index in [0.717, 1.165) is 0 Å². The molecule has 12 heavy (non-hydrogen) atoms. The topological polar surface area (TPSA) is 3.24 Å². The zero-order valence-electron chi connectivity index (χ0n) is 8.69. The minimum absolute atomic E-state index is 1.22. The van der Waals surface area contributed by atoms with Crippen molar-refractivity contribution in [3.8, 4) is 0 Å². The van der Waals surface area contributed by atoms with Gasteiger partial charge in [-0.15, -0.1) is 0 Å². The molecule has 1 nitrogen and oxygen atoms in total. The summed E-state index contributed by atoms with van der Waals surface area (Å²) in [5.74, 6) is 0. The van der Waals surface area contributed by atoms with Gasteiger partial charge >= 0.3 is 0 Å². The zero-order chi connectivity index (χ0) is 8.97. The second-order valence-electron chi connectivity index (χ2n) is 3.80. The Morgan fingerprint density at radius 2 is 2.00 bits per heavy atom. The lowest BCUT2D eigenvalue weighted by molar-refractivity contribution is 0.340. The van der Waals surface area contributed by atoms with E-state index in [1.165, 1.54) is 38.8 Å². The Balaban J connectivity index is 2.63. The van der Waals surface area contributed by atoms with Gasteiger partial charge in [-0.3, -0.25) is 0 Å². The molecule has 1 heterocycles. The van der Waals surface area contributed by atoms with Crippen LogP contribution in [0.2, 0.25) is 0 Å². The number of rotatable bonds is 3. The molecule has 1 aliphatic rings. The van der Waals surface area contributed by atoms with Gasteiger partial charge in [-0.1, -0.05) is 31.4 Å². The van der Waals surface area contributed by atoms with Gasteiger partial charge in [-0.05, 0) is 26.3 Å². The Hall–Kier alpha value is -0.300. The van der Waals surface area contributed by atoms with E-state index >= 15 is 0 Å². The number of nitrogens with zero attached hydrogens (tertiary/aromatic N) is 1. The van der Waals surface area contributed by atoms with Crippen molar-refractivity contribution in [2.24, 2.45) is 0 Å². The van der Waals surface area contributed by atoms with Crippen LogP contribution in [-0.4, -0.2) is 25.0 Å². The highest BCUT2D eigenvalue weighted by Crippen LogP contribution is 2.22. The first kappa shape index (κ1) is 9.79. The average molecular weight is 167 g/mol. The quantitative estimate of drug-likeness (QED) is 0.584. The van der Waals surface area contributed by atoms with E-state index in [2.05, 4.69) is 25.8 Å². The Labute approximate surface area is 76.5 Å². The summed E-state index contributed by atoms with van der Waals surface area (Å²) in [5.41, 5.74) is 3.45. The molecule has 0 radical (unpaired) electrons. The lowest BCUT2D eigenvalue weighted by Crippen LogP contribution is -2.27. The van der Waals surface area contributed by atoms with Gasteiger partial charge in [-0.2, -0.15) is 0 Å². The van der Waals surface area contributed by atoms with Crippen molar-refractivity contribution >= 4 is 0 Å². The van der Waals surface area contributed by atoms with Crippen LogP contribution in [0.15, 0.2) is 11.1 Å². The minimum atomic E-state index is 1.22. The third kappa shape index (κ3) is 2.34. The Morgan fingerprint density at radius 3 is 2.58 bits per heavy atom. The first-order valence-electron chi connectivity index (χ1n) is 5.16. The molecule has 0 amide bonds. The van der Waals surface area contributed by atoms with Crippen LogP contribution in [0.5, 0.6) is 0 Å². The maximum atomic E-state index is 2.43. The third-order valence-electron chi connectivity index (χ3n) is 2.73. The fraction of sp³-hybridized carbons (Fsp3) is 0.818. The highest BCUT2D eigenvalue weighted by Gasteiger charge is 2.13. The minimum Gasteiger partial charge on any atom is -0.302 e. The van der Waals surface area contributed by atoms with Gasteiger partial charge in [0.05, 0.1) is 0 Å². The van der Waals surface area contributed by atoms with Gasteiger partial charge in [0.2, 0.25) is 0 Å². The van der Waals surface area contributed by atoms with Crippen molar-refractivity contribution in [2.75, 3.05) is 20.1 Å². The van der Waals surface area contributed by atoms with Crippen molar-refractivity contribution in [3.63, 3.8) is 0 Å². The predicted molar refractivity (Wildman–Crippen MR) is 54.3 cm³/mol. The van der Waals surface area contributed by atoms with Gasteiger partial charge < -0.3 is 4.90 Å². The normalized spacial score (nSPS) is 20.2. The molecule has 0 fully saturated rings. The van der Waals surface area contributed by atoms with E-state index in [1.54, 1.807) is 11.1 Å². The molecule has 1 rings (SSSR count). The van der Waals surface area contributed by atoms with E-state index in [9.17, 15) is 0 Å². The molecule has 0 saturated heterocycles. The van der Waals surface area contributed by atoms with Crippen molar-refractivity contribution in [3.05, 3.63) is 11.1 Å². The maximum absolute atomic E-state index is 2.43. The molecule has 0 aliphatic carbocycles. The molecule has 0 aromatic rings. The smallest absolute Gasteiger partial charge is 0.0192 e. The van der Waals surface area contributed by atoms with Gasteiger partial charge in [0.1, 0.15) is 0 Å². The van der Waals surface area contributed by atoms with E-state index in [0.29, 0.717) is 0 Å². The van der Waals surface area contributed by atoms with Gasteiger partial charge in [0, 0.05) is 13.1 Å². The molecule has 1 heteroatoms. The first-order valence-corrected chi connectivity index (χ1v) is 5.16. The maximum Gasteiger partial charge on any atom is 0.0192 e. The number of hydrogen-bond donors (Lipinski definition) is 0. The van der Waals surface area contributed by atoms with Gasteiger partial charge in [0.15, 0.2) is 0 Å². The van der Waals surface area contributed by atoms with Crippen molar-refractivity contribution in [2.45, 2.75) is 39.5 Å². The summed E-state index contributed by atoms with van der Waals surface area (Å²) < 4.78 is 0. The summed E-state index contributed by atoms with van der Waals surface area (Å²) in [6.45, 7) is 7.04. The molecular formula is C11H21N. The monoisotopic (exact) mass is 167 g/mol. The lowest BCUT2D eigenvalue weighted by atomic mass is 9.95. The SMILES string of the molecule is CCCC1=C(CC)CCN(C)C1. The van der Waals surface area contributed by atoms with Crippen molar-refractivity contribution < 1.29 is 0 Å². The van der Waals surface area contributed by atoms with E-state index in [4.69, 9.17) is 0 Å². The average Bonchev–Trinajstić information content (AvgIpc) is 2.05. The van der Waals surface area contributed by atoms with Crippen LogP contribution < -0.4 is 0 Å². The Morgan fingerprint density at radius 1 is 1.25 bits per heavy atom. The van der Waals surface area contributed by atoms with E-state index in [1.807, 2.05) is 0 Å². The van der Waals surface area contributed by atoms with E-state index in [-0.39, 0.29) is 0 Å². The van der Waals surface area contributed by atoms with Crippen LogP contribution in [0, 0.1) is 0 Å². The van der Waals surface area contributed by atoms with E-state index < -0.39 is 0 Å². The predicted octanol–water partition coefficient (Wildman–Crippen LogP) is 2.83. The molecule has 1 aliphatic heterocycles. The van der Waals surface area contributed by atoms with Crippen LogP contribution >= 0.6 is 0 Å². The molecule has 70 valence electrons. The largest absolute Gasteiger partial charge is 0.302 e. The van der Waals surface area contributed by atoms with Crippen molar-refractivity contribution in [1.82, 2.24) is 4.90 Å². The Bertz CT molecular complexity index is 170. The highest BCUT2D eigenvalue weighted by molar-refractivity contribution is 5.18. The molecule has 0 aromatic carbocycles. The molecule has 0 saturated carbocycles. The summed E-state index contributed by atoms with van der Waals surface area (Å²) in [6, 6.07) is 0. The van der Waals surface area contributed by atoms with Crippen molar-refractivity contribution in [1.29, 1.82) is 0 Å². The molecule has 0 atom stereocenters. The van der Waals surface area contributed by atoms with Crippen LogP contribution in [0.1, 0.15) is 39.5 Å². The number of hydrogen-bond acceptors (Lipinski definition) is 1. The Kier molecular flexibility index (Phi) is 3.80. The zero-order valence-corrected chi connectivity index (χ0v) is 8.69. The fourth-order valence-corrected chi connectivity index (χ4v) is 2.00. The van der Waals surface area contributed by atoms with Crippen LogP contribution in [0.3, 0.4) is 0 Å². The molecular weight excluding hydrogens is 146 g/mol. The molecule has 0 aromatic heterocycles. The molecule has 0 spiro atoms. The second kappa shape index (κ2) is 4.66. The van der Waals surface area contributed by atoms with Gasteiger partial charge in [-0.25, -0.2) is 0 Å². The third-order valence-corrected chi connectivity index (χ3v) is 2.73. The molecule has 0 bridgehead atoms. The summed E-state index contributed by atoms with van der Waals surface area (Å²) in [7, 11) is 2.22. The van der Waals surface area contributed by atoms with Crippen LogP contribution in [0.25, 0.3) is 0 Å². The molecule has 0 N–H and O–H groups in total. The van der Waals surface area contributed by atoms with Crippen LogP contribution in [-0.2, 0) is 0 Å². The van der Waals surface area contributed by atoms with Gasteiger partial charge in [0.25, 0.3) is 0 Å². The summed E-state index contributed by atoms with van der Waals surface area (Å²) >= 11 is 0. The van der Waals surface area contributed by atoms with Crippen LogP contribution in [0.4, 0.5) is 0 Å². The number of likely N-dealkylation sites (N-methyl/N-ethyl adjacent to an activating group) is 1. The summed E-state index contributed by atoms with van der Waals surface area (Å²) in [5, 5.41) is 0. The first-order chi connectivity index (χ1) is 5.77. The summed E-state index contributed by atoms with van der Waals surface area (Å²) in [6.07, 6.45) is 5.19. The standard InChI is InChI=1S/C11H21N/c1-4-6-11-9-12(3)8-7-10(11)5-2/h4-9H2,1-3H3. The summed E-state index contributed by atoms with van der Waals surface area (Å²) in [4.78, 5) is 2.43. The molecule has 0 unspecified atom stereocenters. The highest BCUT2D eigenvalue weighted by atomic mass is 15.1.